The molecule has 3 amide bonds. The van der Waals surface area contributed by atoms with Crippen molar-refractivity contribution in [1.29, 1.82) is 0 Å². The van der Waals surface area contributed by atoms with Crippen molar-refractivity contribution in [3.05, 3.63) is 70.2 Å². The lowest BCUT2D eigenvalue weighted by atomic mass is 9.96. The third-order valence-corrected chi connectivity index (χ3v) is 12.1. The van der Waals surface area contributed by atoms with Gasteiger partial charge in [-0.2, -0.15) is 15.2 Å². The van der Waals surface area contributed by atoms with Crippen molar-refractivity contribution in [2.24, 2.45) is 7.05 Å². The van der Waals surface area contributed by atoms with Gasteiger partial charge in [0.1, 0.15) is 17.7 Å². The fourth-order valence-electron chi connectivity index (χ4n) is 8.66. The third-order valence-electron chi connectivity index (χ3n) is 12.1. The van der Waals surface area contributed by atoms with E-state index in [0.29, 0.717) is 35.5 Å². The van der Waals surface area contributed by atoms with Gasteiger partial charge in [-0.3, -0.25) is 38.4 Å². The molecular weight excluding hydrogens is 789 g/mol. The summed E-state index contributed by atoms with van der Waals surface area (Å²) in [5.41, 5.74) is 1.98. The number of aryl methyl sites for hydroxylation is 1. The standard InChI is InChI=1S/C22H26F2N6O2.C21H25N5O3/c23-20(24)19-17(13-30(28-19)14-6-2-1-3-7-14)26-22(31)16-12-25-29-11-10-18(27-21(16)29)32-15-8-4-5-9-15;1-23-11-13-25(14-12-23)10-4-6-15-5-3-7-16-19(15)24(2)21(29)26(16)17-8-9-18(27)22-20(17)28/h10-15,20H,1-9H2,(H,26,31);3,5,7,17H,8-14H2,1-2H3,(H,22,27,28). The molecule has 2 aliphatic carbocycles. The Morgan fingerprint density at radius 1 is 0.984 bits per heavy atom. The number of nitrogens with one attached hydrogen (secondary N) is 2. The van der Waals surface area contributed by atoms with Crippen molar-refractivity contribution in [3.8, 4) is 17.7 Å². The number of para-hydroxylation sites is 1. The molecule has 0 bridgehead atoms. The summed E-state index contributed by atoms with van der Waals surface area (Å²) in [5.74, 6) is 5.60. The largest absolute Gasteiger partial charge is 0.474 e. The predicted octanol–water partition coefficient (Wildman–Crippen LogP) is 4.86. The molecule has 2 saturated carbocycles. The molecule has 9 rings (SSSR count). The van der Waals surface area contributed by atoms with Gasteiger partial charge in [0, 0.05) is 58.1 Å². The van der Waals surface area contributed by atoms with E-state index in [-0.39, 0.29) is 41.4 Å². The van der Waals surface area contributed by atoms with Gasteiger partial charge in [0.25, 0.3) is 12.3 Å². The van der Waals surface area contributed by atoms with Gasteiger partial charge >= 0.3 is 5.69 Å². The summed E-state index contributed by atoms with van der Waals surface area (Å²) < 4.78 is 39.3. The number of hydrogen-bond donors (Lipinski definition) is 2. The zero-order valence-corrected chi connectivity index (χ0v) is 34.5. The topological polar surface area (TPSA) is 166 Å². The van der Waals surface area contributed by atoms with E-state index >= 15 is 0 Å². The first-order chi connectivity index (χ1) is 29.5. The highest BCUT2D eigenvalue weighted by molar-refractivity contribution is 6.08. The van der Waals surface area contributed by atoms with E-state index in [1.54, 1.807) is 28.6 Å². The highest BCUT2D eigenvalue weighted by Gasteiger charge is 2.32. The number of amides is 3. The molecule has 4 fully saturated rings. The molecule has 0 spiro atoms. The first kappa shape index (κ1) is 41.8. The van der Waals surface area contributed by atoms with Crippen molar-refractivity contribution >= 4 is 40.1 Å². The van der Waals surface area contributed by atoms with Crippen LogP contribution < -0.4 is 21.1 Å². The number of piperidine rings is 1. The minimum absolute atomic E-state index is 0.0216. The number of ether oxygens (including phenoxy) is 1. The molecule has 4 aliphatic rings. The molecule has 2 saturated heterocycles. The summed E-state index contributed by atoms with van der Waals surface area (Å²) in [5, 5.41) is 13.2. The van der Waals surface area contributed by atoms with Crippen molar-refractivity contribution in [3.63, 3.8) is 0 Å². The van der Waals surface area contributed by atoms with E-state index in [2.05, 4.69) is 54.5 Å². The van der Waals surface area contributed by atoms with Crippen LogP contribution in [0.4, 0.5) is 14.5 Å². The van der Waals surface area contributed by atoms with Gasteiger partial charge in [-0.15, -0.1) is 0 Å². The van der Waals surface area contributed by atoms with E-state index in [1.165, 1.54) is 21.5 Å². The maximum Gasteiger partial charge on any atom is 0.329 e. The SMILES string of the molecule is CN1CCN(CC#Cc2cccc3c2n(C)c(=O)n3C2CCC(=O)NC2=O)CC1.O=C(Nc1cn(C2CCCCC2)nc1C(F)F)c1cnn2ccc(OC3CCCC3)nc12. The summed E-state index contributed by atoms with van der Waals surface area (Å²) in [6, 6.07) is 6.69. The van der Waals surface area contributed by atoms with Gasteiger partial charge in [0.05, 0.1) is 41.1 Å². The summed E-state index contributed by atoms with van der Waals surface area (Å²) in [4.78, 5) is 58.8. The van der Waals surface area contributed by atoms with Crippen LogP contribution in [0.15, 0.2) is 47.7 Å². The Balaban J connectivity index is 0.000000169. The number of anilines is 1. The number of rotatable bonds is 8. The Kier molecular flexibility index (Phi) is 12.6. The van der Waals surface area contributed by atoms with Crippen LogP contribution in [0.2, 0.25) is 0 Å². The minimum atomic E-state index is -2.79. The average Bonchev–Trinajstić information content (AvgIpc) is 4.07. The number of benzene rings is 1. The lowest BCUT2D eigenvalue weighted by Crippen LogP contribution is -2.44. The second-order valence-electron chi connectivity index (χ2n) is 16.3. The molecule has 61 heavy (non-hydrogen) atoms. The number of imidazole rings is 1. The monoisotopic (exact) mass is 839 g/mol. The van der Waals surface area contributed by atoms with Gasteiger partial charge in [-0.05, 0) is 64.1 Å². The summed E-state index contributed by atoms with van der Waals surface area (Å²) in [6.45, 7) is 4.77. The molecule has 2 aliphatic heterocycles. The van der Waals surface area contributed by atoms with Gasteiger partial charge in [-0.25, -0.2) is 18.1 Å². The van der Waals surface area contributed by atoms with E-state index < -0.39 is 30.0 Å². The maximum atomic E-state index is 13.6. The lowest BCUT2D eigenvalue weighted by Gasteiger charge is -2.30. The van der Waals surface area contributed by atoms with Crippen LogP contribution in [0.25, 0.3) is 16.7 Å². The molecule has 322 valence electrons. The van der Waals surface area contributed by atoms with Gasteiger partial charge in [0.2, 0.25) is 17.7 Å². The number of likely N-dealkylation sites (N-methyl/N-ethyl adjacent to an activating group) is 1. The van der Waals surface area contributed by atoms with E-state index in [0.717, 1.165) is 89.5 Å². The van der Waals surface area contributed by atoms with Crippen molar-refractivity contribution in [2.45, 2.75) is 95.2 Å². The Hall–Kier alpha value is -5.93. The highest BCUT2D eigenvalue weighted by Crippen LogP contribution is 2.33. The summed E-state index contributed by atoms with van der Waals surface area (Å²) in [7, 11) is 3.82. The number of alkyl halides is 2. The second kappa shape index (κ2) is 18.4. The number of imide groups is 1. The molecule has 4 aromatic heterocycles. The minimum Gasteiger partial charge on any atom is -0.474 e. The molecule has 1 aromatic carbocycles. The number of halogens is 2. The number of nitrogens with zero attached hydrogens (tertiary/aromatic N) is 9. The first-order valence-electron chi connectivity index (χ1n) is 21.2. The number of carbonyl (C=O) groups excluding carboxylic acids is 3. The average molecular weight is 840 g/mol. The number of piperazine rings is 1. The molecular formula is C43H51F2N11O5. The van der Waals surface area contributed by atoms with Gasteiger partial charge in [-0.1, -0.05) is 37.2 Å². The van der Waals surface area contributed by atoms with Gasteiger partial charge < -0.3 is 15.0 Å². The molecule has 18 heteroatoms. The summed E-state index contributed by atoms with van der Waals surface area (Å²) >= 11 is 0. The fourth-order valence-corrected chi connectivity index (χ4v) is 8.66. The Labute approximate surface area is 351 Å². The molecule has 1 unspecified atom stereocenters. The Morgan fingerprint density at radius 2 is 1.74 bits per heavy atom. The van der Waals surface area contributed by atoms with Crippen molar-refractivity contribution in [1.82, 2.24) is 48.6 Å². The molecule has 2 N–H and O–H groups in total. The molecule has 6 heterocycles. The summed E-state index contributed by atoms with van der Waals surface area (Å²) in [6.07, 6.45) is 11.8. The number of hydrogen-bond acceptors (Lipinski definition) is 10. The number of aromatic nitrogens is 7. The smallest absolute Gasteiger partial charge is 0.329 e. The normalized spacial score (nSPS) is 19.5. The van der Waals surface area contributed by atoms with E-state index in [1.807, 2.05) is 18.2 Å². The number of fused-ring (bicyclic) bond motifs is 2. The van der Waals surface area contributed by atoms with E-state index in [9.17, 15) is 28.0 Å². The first-order valence-corrected chi connectivity index (χ1v) is 21.2. The zero-order valence-electron chi connectivity index (χ0n) is 34.5. The van der Waals surface area contributed by atoms with Crippen LogP contribution in [-0.2, 0) is 16.6 Å². The fraction of sp³-hybridized carbons (Fsp3) is 0.512. The maximum absolute atomic E-state index is 13.6. The van der Waals surface area contributed by atoms with E-state index in [4.69, 9.17) is 4.74 Å². The van der Waals surface area contributed by atoms with Crippen LogP contribution >= 0.6 is 0 Å². The van der Waals surface area contributed by atoms with Crippen LogP contribution in [0.1, 0.15) is 111 Å². The third kappa shape index (κ3) is 9.22. The Bertz CT molecular complexity index is 2530. The highest BCUT2D eigenvalue weighted by atomic mass is 19.3. The van der Waals surface area contributed by atoms with Crippen LogP contribution in [-0.4, -0.2) is 107 Å². The zero-order chi connectivity index (χ0) is 42.6. The van der Waals surface area contributed by atoms with Crippen molar-refractivity contribution in [2.75, 3.05) is 45.1 Å². The molecule has 0 radical (unpaired) electrons. The van der Waals surface area contributed by atoms with Crippen LogP contribution in [0.3, 0.4) is 0 Å². The van der Waals surface area contributed by atoms with Crippen LogP contribution in [0, 0.1) is 11.8 Å². The lowest BCUT2D eigenvalue weighted by molar-refractivity contribution is -0.135. The second-order valence-corrected chi connectivity index (χ2v) is 16.3. The van der Waals surface area contributed by atoms with Gasteiger partial charge in [0.15, 0.2) is 11.3 Å². The molecule has 1 atom stereocenters. The van der Waals surface area contributed by atoms with Crippen molar-refractivity contribution < 1.29 is 27.9 Å². The van der Waals surface area contributed by atoms with Crippen LogP contribution in [0.5, 0.6) is 5.88 Å². The molecule has 16 nitrogen and oxygen atoms in total. The quantitative estimate of drug-likeness (QED) is 0.163. The Morgan fingerprint density at radius 3 is 2.48 bits per heavy atom. The number of carbonyl (C=O) groups is 3. The predicted molar refractivity (Wildman–Crippen MR) is 223 cm³/mol. The molecule has 5 aromatic rings.